The number of nitrogens with zero attached hydrogens (tertiary/aromatic N) is 3. The van der Waals surface area contributed by atoms with E-state index in [9.17, 15) is 4.79 Å². The Hall–Kier alpha value is -2.10. The summed E-state index contributed by atoms with van der Waals surface area (Å²) >= 11 is 0. The Labute approximate surface area is 143 Å². The van der Waals surface area contributed by atoms with E-state index >= 15 is 0 Å². The molecule has 1 aliphatic carbocycles. The third kappa shape index (κ3) is 3.10. The molecule has 126 valence electrons. The normalized spacial score (nSPS) is 20.2. The number of hydrogen-bond acceptors (Lipinski definition) is 2. The number of fused-ring (bicyclic) bond motifs is 1. The van der Waals surface area contributed by atoms with Crippen molar-refractivity contribution in [1.82, 2.24) is 14.7 Å². The molecule has 1 atom stereocenters. The molecule has 1 amide bonds. The number of benzene rings is 1. The number of piperidine rings is 1. The van der Waals surface area contributed by atoms with Crippen molar-refractivity contribution >= 4 is 5.91 Å². The molecular weight excluding hydrogens is 298 g/mol. The predicted molar refractivity (Wildman–Crippen MR) is 94.0 cm³/mol. The van der Waals surface area contributed by atoms with Crippen molar-refractivity contribution in [2.75, 3.05) is 6.54 Å². The highest BCUT2D eigenvalue weighted by atomic mass is 16.2. The van der Waals surface area contributed by atoms with E-state index < -0.39 is 0 Å². The van der Waals surface area contributed by atoms with Gasteiger partial charge < -0.3 is 4.90 Å². The average molecular weight is 323 g/mol. The van der Waals surface area contributed by atoms with E-state index in [-0.39, 0.29) is 5.91 Å². The zero-order valence-electron chi connectivity index (χ0n) is 14.2. The fraction of sp³-hybridized carbons (Fsp3) is 0.500. The van der Waals surface area contributed by atoms with Crippen LogP contribution in [-0.4, -0.2) is 33.2 Å². The van der Waals surface area contributed by atoms with Crippen molar-refractivity contribution < 1.29 is 4.79 Å². The van der Waals surface area contributed by atoms with Crippen molar-refractivity contribution in [3.63, 3.8) is 0 Å². The summed E-state index contributed by atoms with van der Waals surface area (Å²) in [5.74, 6) is 0.217. The fourth-order valence-corrected chi connectivity index (χ4v) is 4.15. The first-order valence-electron chi connectivity index (χ1n) is 9.21. The lowest BCUT2D eigenvalue weighted by molar-refractivity contribution is 0.0594. The van der Waals surface area contributed by atoms with Crippen LogP contribution in [0.4, 0.5) is 0 Å². The van der Waals surface area contributed by atoms with Gasteiger partial charge in [-0.1, -0.05) is 6.07 Å². The minimum atomic E-state index is 0.217. The summed E-state index contributed by atoms with van der Waals surface area (Å²) in [6, 6.07) is 8.63. The van der Waals surface area contributed by atoms with Gasteiger partial charge in [-0.05, 0) is 74.3 Å². The number of aromatic nitrogens is 2. The van der Waals surface area contributed by atoms with E-state index in [1.807, 2.05) is 29.2 Å². The number of carbonyl (C=O) groups excluding carboxylic acids is 1. The van der Waals surface area contributed by atoms with E-state index in [1.165, 1.54) is 30.4 Å². The molecule has 0 bridgehead atoms. The number of likely N-dealkylation sites (tertiary alicyclic amines) is 1. The summed E-state index contributed by atoms with van der Waals surface area (Å²) in [5, 5.41) is 4.28. The largest absolute Gasteiger partial charge is 0.336 e. The van der Waals surface area contributed by atoms with Crippen LogP contribution in [0.2, 0.25) is 0 Å². The topological polar surface area (TPSA) is 38.1 Å². The second-order valence-corrected chi connectivity index (χ2v) is 7.04. The highest BCUT2D eigenvalue weighted by molar-refractivity contribution is 5.94. The van der Waals surface area contributed by atoms with Gasteiger partial charge in [-0.15, -0.1) is 0 Å². The molecular formula is C20H25N3O. The van der Waals surface area contributed by atoms with Crippen molar-refractivity contribution in [1.29, 1.82) is 0 Å². The number of aryl methyl sites for hydroxylation is 3. The molecule has 4 heteroatoms. The highest BCUT2D eigenvalue weighted by Gasteiger charge is 2.28. The molecule has 2 heterocycles. The van der Waals surface area contributed by atoms with Gasteiger partial charge >= 0.3 is 0 Å². The predicted octanol–water partition coefficient (Wildman–Crippen LogP) is 3.46. The molecule has 2 aliphatic rings. The van der Waals surface area contributed by atoms with Crippen LogP contribution in [0.3, 0.4) is 0 Å². The third-order valence-corrected chi connectivity index (χ3v) is 5.48. The maximum atomic E-state index is 13.1. The summed E-state index contributed by atoms with van der Waals surface area (Å²) in [7, 11) is 0. The number of hydrogen-bond donors (Lipinski definition) is 0. The fourth-order valence-electron chi connectivity index (χ4n) is 4.15. The molecule has 1 aromatic carbocycles. The number of amides is 1. The van der Waals surface area contributed by atoms with Crippen LogP contribution >= 0.6 is 0 Å². The van der Waals surface area contributed by atoms with Crippen LogP contribution in [0.15, 0.2) is 36.7 Å². The van der Waals surface area contributed by atoms with E-state index in [0.717, 1.165) is 44.3 Å². The Morgan fingerprint density at radius 2 is 2.08 bits per heavy atom. The number of carbonyl (C=O) groups is 1. The molecule has 1 fully saturated rings. The molecule has 4 nitrogen and oxygen atoms in total. The van der Waals surface area contributed by atoms with Gasteiger partial charge in [0.15, 0.2) is 0 Å². The Bertz CT molecular complexity index is 708. The van der Waals surface area contributed by atoms with Crippen LogP contribution in [0.5, 0.6) is 0 Å². The monoisotopic (exact) mass is 323 g/mol. The van der Waals surface area contributed by atoms with E-state index in [4.69, 9.17) is 0 Å². The van der Waals surface area contributed by atoms with E-state index in [0.29, 0.717) is 6.04 Å². The van der Waals surface area contributed by atoms with Crippen LogP contribution in [0.25, 0.3) is 0 Å². The van der Waals surface area contributed by atoms with Gasteiger partial charge in [0.25, 0.3) is 5.91 Å². The van der Waals surface area contributed by atoms with E-state index in [1.54, 1.807) is 0 Å². The first-order valence-corrected chi connectivity index (χ1v) is 9.21. The highest BCUT2D eigenvalue weighted by Crippen LogP contribution is 2.26. The Morgan fingerprint density at radius 3 is 2.96 bits per heavy atom. The van der Waals surface area contributed by atoms with Gasteiger partial charge in [0.05, 0.1) is 0 Å². The smallest absolute Gasteiger partial charge is 0.254 e. The maximum Gasteiger partial charge on any atom is 0.254 e. The first-order chi connectivity index (χ1) is 11.8. The summed E-state index contributed by atoms with van der Waals surface area (Å²) in [4.78, 5) is 15.2. The summed E-state index contributed by atoms with van der Waals surface area (Å²) in [6.45, 7) is 1.77. The van der Waals surface area contributed by atoms with Crippen molar-refractivity contribution in [3.8, 4) is 0 Å². The quantitative estimate of drug-likeness (QED) is 0.864. The van der Waals surface area contributed by atoms with Gasteiger partial charge in [-0.3, -0.25) is 9.48 Å². The summed E-state index contributed by atoms with van der Waals surface area (Å²) < 4.78 is 1.96. The Morgan fingerprint density at radius 1 is 1.17 bits per heavy atom. The molecule has 1 saturated heterocycles. The second kappa shape index (κ2) is 6.80. The minimum absolute atomic E-state index is 0.217. The Kier molecular flexibility index (Phi) is 4.37. The molecule has 0 N–H and O–H groups in total. The third-order valence-electron chi connectivity index (χ3n) is 5.48. The standard InChI is InChI=1S/C20H25N3O/c24-20(18-9-8-16-5-3-6-17(16)15-18)23-13-2-1-7-19(23)10-14-22-12-4-11-21-22/h4,8-9,11-12,15,19H,1-3,5-7,10,13-14H2/t19-/m1/s1. The van der Waals surface area contributed by atoms with Crippen molar-refractivity contribution in [3.05, 3.63) is 53.3 Å². The van der Waals surface area contributed by atoms with Gasteiger partial charge in [-0.2, -0.15) is 5.10 Å². The SMILES string of the molecule is O=C(c1ccc2c(c1)CCC2)N1CCCC[C@@H]1CCn1cccn1. The van der Waals surface area contributed by atoms with Gasteiger partial charge in [-0.25, -0.2) is 0 Å². The molecule has 0 spiro atoms. The zero-order chi connectivity index (χ0) is 16.4. The van der Waals surface area contributed by atoms with Crippen LogP contribution in [-0.2, 0) is 19.4 Å². The van der Waals surface area contributed by atoms with Gasteiger partial charge in [0.2, 0.25) is 0 Å². The van der Waals surface area contributed by atoms with Crippen molar-refractivity contribution in [2.24, 2.45) is 0 Å². The minimum Gasteiger partial charge on any atom is -0.336 e. The summed E-state index contributed by atoms with van der Waals surface area (Å²) in [5.41, 5.74) is 3.69. The number of rotatable bonds is 4. The zero-order valence-corrected chi connectivity index (χ0v) is 14.2. The lowest BCUT2D eigenvalue weighted by atomic mass is 9.97. The molecule has 1 aliphatic heterocycles. The van der Waals surface area contributed by atoms with Crippen LogP contribution < -0.4 is 0 Å². The molecule has 24 heavy (non-hydrogen) atoms. The Balaban J connectivity index is 1.48. The molecule has 1 aromatic heterocycles. The molecule has 0 radical (unpaired) electrons. The lowest BCUT2D eigenvalue weighted by Crippen LogP contribution is -2.44. The van der Waals surface area contributed by atoms with Gasteiger partial charge in [0, 0.05) is 37.1 Å². The first kappa shape index (κ1) is 15.4. The van der Waals surface area contributed by atoms with Gasteiger partial charge in [0.1, 0.15) is 0 Å². The van der Waals surface area contributed by atoms with Crippen molar-refractivity contribution in [2.45, 2.75) is 57.5 Å². The molecule has 4 rings (SSSR count). The second-order valence-electron chi connectivity index (χ2n) is 7.04. The maximum absolute atomic E-state index is 13.1. The average Bonchev–Trinajstić information content (AvgIpc) is 3.30. The molecule has 2 aromatic rings. The van der Waals surface area contributed by atoms with Crippen LogP contribution in [0.1, 0.15) is 53.6 Å². The van der Waals surface area contributed by atoms with E-state index in [2.05, 4.69) is 22.1 Å². The molecule has 0 unspecified atom stereocenters. The molecule has 0 saturated carbocycles. The summed E-state index contributed by atoms with van der Waals surface area (Å²) in [6.07, 6.45) is 11.8. The van der Waals surface area contributed by atoms with Crippen LogP contribution in [0, 0.1) is 0 Å². The lowest BCUT2D eigenvalue weighted by Gasteiger charge is -2.36.